The summed E-state index contributed by atoms with van der Waals surface area (Å²) in [4.78, 5) is 8.57. The molecule has 166 valence electrons. The first kappa shape index (κ1) is 22.3. The molecular weight excluding hydrogens is 425 g/mol. The first-order valence-electron chi connectivity index (χ1n) is 10.6. The number of halogens is 3. The van der Waals surface area contributed by atoms with Gasteiger partial charge in [-0.05, 0) is 65.6 Å². The van der Waals surface area contributed by atoms with Crippen molar-refractivity contribution in [2.45, 2.75) is 26.2 Å². The van der Waals surface area contributed by atoms with Gasteiger partial charge in [-0.3, -0.25) is 0 Å². The van der Waals surface area contributed by atoms with Gasteiger partial charge in [0.05, 0.1) is 24.6 Å². The van der Waals surface area contributed by atoms with Crippen molar-refractivity contribution in [2.75, 3.05) is 6.61 Å². The molecule has 3 aromatic carbocycles. The molecule has 33 heavy (non-hydrogen) atoms. The SMILES string of the molecule is CCCOc1cnc(CCc2ccc(C#Cc3ccc4cc(F)c(F)cc4c3)c(F)c2)nc1. The molecule has 0 aliphatic rings. The average Bonchev–Trinajstić information content (AvgIpc) is 2.82. The lowest BCUT2D eigenvalue weighted by Crippen LogP contribution is -2.01. The lowest BCUT2D eigenvalue weighted by atomic mass is 10.0. The lowest BCUT2D eigenvalue weighted by Gasteiger charge is -2.05. The van der Waals surface area contributed by atoms with Crippen LogP contribution >= 0.6 is 0 Å². The predicted octanol–water partition coefficient (Wildman–Crippen LogP) is 6.02. The summed E-state index contributed by atoms with van der Waals surface area (Å²) >= 11 is 0. The zero-order valence-corrected chi connectivity index (χ0v) is 18.0. The number of ether oxygens (including phenoxy) is 1. The van der Waals surface area contributed by atoms with Crippen molar-refractivity contribution in [3.63, 3.8) is 0 Å². The first-order valence-corrected chi connectivity index (χ1v) is 10.6. The van der Waals surface area contributed by atoms with Gasteiger partial charge in [0.25, 0.3) is 0 Å². The van der Waals surface area contributed by atoms with E-state index < -0.39 is 17.5 Å². The summed E-state index contributed by atoms with van der Waals surface area (Å²) in [5.74, 6) is 4.77. The standard InChI is InChI=1S/C27H21F3N2O/c1-2-11-33-23-16-31-27(32-17-23)10-6-19-4-8-20(24(28)13-19)7-3-18-5-9-21-14-25(29)26(30)15-22(21)12-18/h4-5,8-9,12-17H,2,6,10-11H2,1H3. The summed E-state index contributed by atoms with van der Waals surface area (Å²) in [6.45, 7) is 2.65. The molecule has 0 saturated carbocycles. The zero-order chi connectivity index (χ0) is 23.2. The van der Waals surface area contributed by atoms with Gasteiger partial charge in [-0.15, -0.1) is 0 Å². The average molecular weight is 446 g/mol. The Kier molecular flexibility index (Phi) is 6.89. The van der Waals surface area contributed by atoms with Crippen molar-refractivity contribution in [1.82, 2.24) is 9.97 Å². The van der Waals surface area contributed by atoms with Crippen LogP contribution in [0.1, 0.15) is 35.9 Å². The number of aryl methyl sites for hydroxylation is 2. The molecule has 1 aromatic heterocycles. The molecule has 3 nitrogen and oxygen atoms in total. The Bertz CT molecular complexity index is 1340. The molecule has 0 amide bonds. The van der Waals surface area contributed by atoms with Gasteiger partial charge >= 0.3 is 0 Å². The highest BCUT2D eigenvalue weighted by atomic mass is 19.2. The molecule has 4 aromatic rings. The second-order valence-corrected chi connectivity index (χ2v) is 7.58. The van der Waals surface area contributed by atoms with Gasteiger partial charge in [-0.2, -0.15) is 0 Å². The second-order valence-electron chi connectivity index (χ2n) is 7.58. The fraction of sp³-hybridized carbons (Fsp3) is 0.185. The van der Waals surface area contributed by atoms with Crippen LogP contribution in [0, 0.1) is 29.3 Å². The summed E-state index contributed by atoms with van der Waals surface area (Å²) in [7, 11) is 0. The predicted molar refractivity (Wildman–Crippen MR) is 121 cm³/mol. The van der Waals surface area contributed by atoms with Gasteiger partial charge in [-0.1, -0.05) is 30.9 Å². The number of hydrogen-bond acceptors (Lipinski definition) is 3. The third-order valence-corrected chi connectivity index (χ3v) is 5.05. The molecule has 0 bridgehead atoms. The smallest absolute Gasteiger partial charge is 0.159 e. The van der Waals surface area contributed by atoms with Crippen LogP contribution < -0.4 is 4.74 Å². The largest absolute Gasteiger partial charge is 0.490 e. The minimum absolute atomic E-state index is 0.262. The van der Waals surface area contributed by atoms with E-state index in [-0.39, 0.29) is 5.56 Å². The van der Waals surface area contributed by atoms with Crippen molar-refractivity contribution < 1.29 is 17.9 Å². The number of fused-ring (bicyclic) bond motifs is 1. The van der Waals surface area contributed by atoms with Gasteiger partial charge in [0.15, 0.2) is 17.4 Å². The van der Waals surface area contributed by atoms with E-state index in [1.165, 1.54) is 6.07 Å². The highest BCUT2D eigenvalue weighted by molar-refractivity contribution is 5.84. The third kappa shape index (κ3) is 5.69. The molecule has 1 heterocycles. The Labute approximate surface area is 190 Å². The van der Waals surface area contributed by atoms with Crippen LogP contribution in [0.4, 0.5) is 13.2 Å². The van der Waals surface area contributed by atoms with Crippen molar-refractivity contribution in [2.24, 2.45) is 0 Å². The maximum Gasteiger partial charge on any atom is 0.159 e. The van der Waals surface area contributed by atoms with E-state index in [1.807, 2.05) is 13.0 Å². The monoisotopic (exact) mass is 446 g/mol. The molecule has 0 unspecified atom stereocenters. The number of hydrogen-bond donors (Lipinski definition) is 0. The Balaban J connectivity index is 1.42. The maximum atomic E-state index is 14.6. The minimum atomic E-state index is -0.916. The topological polar surface area (TPSA) is 35.0 Å². The van der Waals surface area contributed by atoms with Gasteiger partial charge in [0.2, 0.25) is 0 Å². The molecule has 6 heteroatoms. The number of nitrogens with zero attached hydrogens (tertiary/aromatic N) is 2. The van der Waals surface area contributed by atoms with Gasteiger partial charge in [0.1, 0.15) is 11.6 Å². The highest BCUT2D eigenvalue weighted by Crippen LogP contribution is 2.20. The van der Waals surface area contributed by atoms with Crippen LogP contribution in [0.5, 0.6) is 5.75 Å². The fourth-order valence-corrected chi connectivity index (χ4v) is 3.30. The third-order valence-electron chi connectivity index (χ3n) is 5.05. The molecule has 0 N–H and O–H groups in total. The molecule has 0 saturated heterocycles. The Morgan fingerprint density at radius 2 is 1.55 bits per heavy atom. The zero-order valence-electron chi connectivity index (χ0n) is 18.0. The quantitative estimate of drug-likeness (QED) is 0.340. The first-order chi connectivity index (χ1) is 16.0. The molecule has 0 spiro atoms. The van der Waals surface area contributed by atoms with Crippen LogP contribution in [0.2, 0.25) is 0 Å². The van der Waals surface area contributed by atoms with Gasteiger partial charge in [-0.25, -0.2) is 23.1 Å². The summed E-state index contributed by atoms with van der Waals surface area (Å²) in [6.07, 6.45) is 5.38. The van der Waals surface area contributed by atoms with Crippen LogP contribution in [-0.2, 0) is 12.8 Å². The van der Waals surface area contributed by atoms with Crippen LogP contribution in [-0.4, -0.2) is 16.6 Å². The van der Waals surface area contributed by atoms with E-state index in [0.29, 0.717) is 47.4 Å². The second kappa shape index (κ2) is 10.2. The maximum absolute atomic E-state index is 14.6. The van der Waals surface area contributed by atoms with Crippen molar-refractivity contribution in [3.8, 4) is 17.6 Å². The van der Waals surface area contributed by atoms with Gasteiger partial charge in [0, 0.05) is 12.0 Å². The van der Waals surface area contributed by atoms with Crippen molar-refractivity contribution in [3.05, 3.63) is 101 Å². The van der Waals surface area contributed by atoms with E-state index in [2.05, 4.69) is 21.8 Å². The molecule has 0 aliphatic carbocycles. The van der Waals surface area contributed by atoms with Gasteiger partial charge < -0.3 is 4.74 Å². The minimum Gasteiger partial charge on any atom is -0.490 e. The number of aromatic nitrogens is 2. The molecule has 0 atom stereocenters. The van der Waals surface area contributed by atoms with E-state index >= 15 is 0 Å². The molecule has 0 radical (unpaired) electrons. The van der Waals surface area contributed by atoms with Crippen LogP contribution in [0.15, 0.2) is 60.9 Å². The summed E-state index contributed by atoms with van der Waals surface area (Å²) in [6, 6.07) is 12.2. The molecule has 4 rings (SSSR count). The summed E-state index contributed by atoms with van der Waals surface area (Å²) < 4.78 is 46.9. The normalized spacial score (nSPS) is 10.7. The lowest BCUT2D eigenvalue weighted by molar-refractivity contribution is 0.314. The Morgan fingerprint density at radius 3 is 2.27 bits per heavy atom. The van der Waals surface area contributed by atoms with Crippen LogP contribution in [0.25, 0.3) is 10.8 Å². The fourth-order valence-electron chi connectivity index (χ4n) is 3.30. The van der Waals surface area contributed by atoms with E-state index in [4.69, 9.17) is 4.74 Å². The van der Waals surface area contributed by atoms with Crippen molar-refractivity contribution >= 4 is 10.8 Å². The summed E-state index contributed by atoms with van der Waals surface area (Å²) in [5.41, 5.74) is 1.66. The molecule has 0 fully saturated rings. The Morgan fingerprint density at radius 1 is 0.788 bits per heavy atom. The van der Waals surface area contributed by atoms with E-state index in [1.54, 1.807) is 36.7 Å². The molecular formula is C27H21F3N2O. The highest BCUT2D eigenvalue weighted by Gasteiger charge is 2.06. The number of benzene rings is 3. The van der Waals surface area contributed by atoms with Crippen LogP contribution in [0.3, 0.4) is 0 Å². The molecule has 0 aliphatic heterocycles. The van der Waals surface area contributed by atoms with E-state index in [9.17, 15) is 13.2 Å². The summed E-state index contributed by atoms with van der Waals surface area (Å²) in [5, 5.41) is 1.10. The van der Waals surface area contributed by atoms with Crippen molar-refractivity contribution in [1.29, 1.82) is 0 Å². The van der Waals surface area contributed by atoms with E-state index in [0.717, 1.165) is 24.1 Å². The Hall–Kier alpha value is -3.85. The number of rotatable bonds is 6.